The van der Waals surface area contributed by atoms with E-state index in [1.807, 2.05) is 6.92 Å². The van der Waals surface area contributed by atoms with E-state index in [0.29, 0.717) is 26.4 Å². The molecule has 1 aliphatic rings. The van der Waals surface area contributed by atoms with Crippen molar-refractivity contribution in [3.8, 4) is 0 Å². The number of ether oxygens (including phenoxy) is 3. The predicted octanol–water partition coefficient (Wildman–Crippen LogP) is 1.79. The van der Waals surface area contributed by atoms with E-state index < -0.39 is 0 Å². The van der Waals surface area contributed by atoms with E-state index in [1.165, 1.54) is 25.9 Å². The summed E-state index contributed by atoms with van der Waals surface area (Å²) in [5.74, 6) is 0.848. The predicted molar refractivity (Wildman–Crippen MR) is 73.0 cm³/mol. The van der Waals surface area contributed by atoms with Crippen molar-refractivity contribution in [2.75, 3.05) is 59.3 Å². The minimum atomic E-state index is 0.667. The van der Waals surface area contributed by atoms with E-state index in [4.69, 9.17) is 14.2 Å². The first kappa shape index (κ1) is 15.9. The number of rotatable bonds is 10. The molecule has 0 aliphatic carbocycles. The van der Waals surface area contributed by atoms with Crippen molar-refractivity contribution in [1.29, 1.82) is 0 Å². The Bertz CT molecular complexity index is 190. The van der Waals surface area contributed by atoms with E-state index in [-0.39, 0.29) is 0 Å². The van der Waals surface area contributed by atoms with Crippen LogP contribution in [0.4, 0.5) is 0 Å². The van der Waals surface area contributed by atoms with Crippen molar-refractivity contribution in [3.63, 3.8) is 0 Å². The van der Waals surface area contributed by atoms with Gasteiger partial charge in [-0.15, -0.1) is 0 Å². The van der Waals surface area contributed by atoms with Gasteiger partial charge in [0, 0.05) is 19.7 Å². The molecule has 0 N–H and O–H groups in total. The monoisotopic (exact) mass is 259 g/mol. The third kappa shape index (κ3) is 8.03. The molecule has 1 aliphatic heterocycles. The molecular formula is C14H29NO3. The Morgan fingerprint density at radius 1 is 1.00 bits per heavy atom. The molecule has 1 fully saturated rings. The summed E-state index contributed by atoms with van der Waals surface area (Å²) in [6.07, 6.45) is 2.72. The first-order valence-corrected chi connectivity index (χ1v) is 7.28. The van der Waals surface area contributed by atoms with Crippen molar-refractivity contribution in [3.05, 3.63) is 0 Å². The fourth-order valence-corrected chi connectivity index (χ4v) is 2.27. The molecule has 4 nitrogen and oxygen atoms in total. The molecule has 18 heavy (non-hydrogen) atoms. The van der Waals surface area contributed by atoms with Crippen LogP contribution in [0, 0.1) is 5.92 Å². The third-order valence-electron chi connectivity index (χ3n) is 3.24. The number of hydrogen-bond acceptors (Lipinski definition) is 4. The number of likely N-dealkylation sites (tertiary alicyclic amines) is 1. The minimum Gasteiger partial charge on any atom is -0.379 e. The number of piperidine rings is 1. The van der Waals surface area contributed by atoms with E-state index in [0.717, 1.165) is 25.7 Å². The van der Waals surface area contributed by atoms with Crippen molar-refractivity contribution < 1.29 is 14.2 Å². The lowest BCUT2D eigenvalue weighted by Crippen LogP contribution is -2.36. The van der Waals surface area contributed by atoms with Gasteiger partial charge in [0.2, 0.25) is 0 Å². The highest BCUT2D eigenvalue weighted by Gasteiger charge is 2.15. The highest BCUT2D eigenvalue weighted by molar-refractivity contribution is 4.69. The van der Waals surface area contributed by atoms with Crippen LogP contribution in [0.5, 0.6) is 0 Å². The first-order chi connectivity index (χ1) is 8.83. The van der Waals surface area contributed by atoms with Gasteiger partial charge in [0.25, 0.3) is 0 Å². The Hall–Kier alpha value is -0.160. The van der Waals surface area contributed by atoms with Crippen LogP contribution >= 0.6 is 0 Å². The molecule has 1 rings (SSSR count). The lowest BCUT2D eigenvalue weighted by Gasteiger charge is -2.30. The lowest BCUT2D eigenvalue weighted by molar-refractivity contribution is 0.0107. The smallest absolute Gasteiger partial charge is 0.0701 e. The van der Waals surface area contributed by atoms with Gasteiger partial charge in [0.15, 0.2) is 0 Å². The maximum absolute atomic E-state index is 5.57. The molecule has 1 atom stereocenters. The van der Waals surface area contributed by atoms with Gasteiger partial charge < -0.3 is 19.1 Å². The van der Waals surface area contributed by atoms with E-state index in [9.17, 15) is 0 Å². The second-order valence-electron chi connectivity index (χ2n) is 4.97. The number of nitrogens with zero attached hydrogens (tertiary/aromatic N) is 1. The fourth-order valence-electron chi connectivity index (χ4n) is 2.27. The molecule has 1 heterocycles. The highest BCUT2D eigenvalue weighted by atomic mass is 16.5. The molecule has 4 heteroatoms. The molecule has 1 saturated heterocycles. The first-order valence-electron chi connectivity index (χ1n) is 7.28. The average molecular weight is 259 g/mol. The Kier molecular flexibility index (Phi) is 9.48. The van der Waals surface area contributed by atoms with Crippen molar-refractivity contribution in [2.45, 2.75) is 26.7 Å². The second kappa shape index (κ2) is 10.7. The molecule has 0 bridgehead atoms. The average Bonchev–Trinajstić information content (AvgIpc) is 2.37. The second-order valence-corrected chi connectivity index (χ2v) is 4.97. The maximum Gasteiger partial charge on any atom is 0.0701 e. The Balaban J connectivity index is 1.80. The molecule has 0 aromatic heterocycles. The molecule has 0 saturated carbocycles. The van der Waals surface area contributed by atoms with Crippen LogP contribution in [0.3, 0.4) is 0 Å². The molecule has 0 aromatic rings. The van der Waals surface area contributed by atoms with Crippen LogP contribution in [0.1, 0.15) is 26.7 Å². The maximum atomic E-state index is 5.57. The summed E-state index contributed by atoms with van der Waals surface area (Å²) in [5.41, 5.74) is 0. The largest absolute Gasteiger partial charge is 0.379 e. The summed E-state index contributed by atoms with van der Waals surface area (Å²) in [5, 5.41) is 0. The zero-order valence-corrected chi connectivity index (χ0v) is 12.0. The topological polar surface area (TPSA) is 30.9 Å². The fraction of sp³-hybridized carbons (Fsp3) is 1.00. The molecule has 1 unspecified atom stereocenters. The Morgan fingerprint density at radius 3 is 2.33 bits per heavy atom. The van der Waals surface area contributed by atoms with E-state index in [1.54, 1.807) is 0 Å². The van der Waals surface area contributed by atoms with Crippen LogP contribution in [0.25, 0.3) is 0 Å². The van der Waals surface area contributed by atoms with Gasteiger partial charge >= 0.3 is 0 Å². The van der Waals surface area contributed by atoms with Crippen LogP contribution in [0.2, 0.25) is 0 Å². The zero-order chi connectivity index (χ0) is 13.1. The molecule has 0 aromatic carbocycles. The third-order valence-corrected chi connectivity index (χ3v) is 3.24. The van der Waals surface area contributed by atoms with Gasteiger partial charge in [-0.1, -0.05) is 6.92 Å². The van der Waals surface area contributed by atoms with Gasteiger partial charge in [0.05, 0.1) is 33.0 Å². The van der Waals surface area contributed by atoms with Gasteiger partial charge in [0.1, 0.15) is 0 Å². The summed E-state index contributed by atoms with van der Waals surface area (Å²) in [6.45, 7) is 12.1. The minimum absolute atomic E-state index is 0.667. The summed E-state index contributed by atoms with van der Waals surface area (Å²) >= 11 is 0. The van der Waals surface area contributed by atoms with Gasteiger partial charge in [-0.2, -0.15) is 0 Å². The van der Waals surface area contributed by atoms with Gasteiger partial charge in [-0.3, -0.25) is 0 Å². The normalized spacial score (nSPS) is 21.3. The highest BCUT2D eigenvalue weighted by Crippen LogP contribution is 2.14. The molecule has 0 radical (unpaired) electrons. The lowest BCUT2D eigenvalue weighted by atomic mass is 10.0. The van der Waals surface area contributed by atoms with Gasteiger partial charge in [-0.25, -0.2) is 0 Å². The van der Waals surface area contributed by atoms with Crippen molar-refractivity contribution in [1.82, 2.24) is 4.90 Å². The van der Waals surface area contributed by atoms with Crippen LogP contribution in [-0.2, 0) is 14.2 Å². The van der Waals surface area contributed by atoms with Crippen molar-refractivity contribution in [2.24, 2.45) is 5.92 Å². The molecular weight excluding hydrogens is 230 g/mol. The summed E-state index contributed by atoms with van der Waals surface area (Å²) in [4.78, 5) is 2.50. The van der Waals surface area contributed by atoms with Crippen LogP contribution in [-0.4, -0.2) is 64.2 Å². The standard InChI is InChI=1S/C14H29NO3/c1-3-16-9-10-18-12-11-17-8-7-15-6-4-5-14(2)13-15/h14H,3-13H2,1-2H3. The SMILES string of the molecule is CCOCCOCCOCCN1CCCC(C)C1. The zero-order valence-electron chi connectivity index (χ0n) is 12.0. The van der Waals surface area contributed by atoms with E-state index >= 15 is 0 Å². The van der Waals surface area contributed by atoms with Crippen molar-refractivity contribution >= 4 is 0 Å². The Labute approximate surface area is 112 Å². The summed E-state index contributed by atoms with van der Waals surface area (Å²) in [7, 11) is 0. The summed E-state index contributed by atoms with van der Waals surface area (Å²) < 4.78 is 16.1. The van der Waals surface area contributed by atoms with Crippen LogP contribution < -0.4 is 0 Å². The molecule has 0 spiro atoms. The molecule has 108 valence electrons. The number of hydrogen-bond donors (Lipinski definition) is 0. The quantitative estimate of drug-likeness (QED) is 0.560. The van der Waals surface area contributed by atoms with Gasteiger partial charge in [-0.05, 0) is 32.2 Å². The van der Waals surface area contributed by atoms with E-state index in [2.05, 4.69) is 11.8 Å². The van der Waals surface area contributed by atoms with Crippen LogP contribution in [0.15, 0.2) is 0 Å². The summed E-state index contributed by atoms with van der Waals surface area (Å²) in [6, 6.07) is 0. The Morgan fingerprint density at radius 2 is 1.67 bits per heavy atom. The molecule has 0 amide bonds.